The summed E-state index contributed by atoms with van der Waals surface area (Å²) >= 11 is 0. The number of halogens is 5. The molecule has 0 aliphatic heterocycles. The summed E-state index contributed by atoms with van der Waals surface area (Å²) in [7, 11) is 1.43. The van der Waals surface area contributed by atoms with Gasteiger partial charge in [-0.2, -0.15) is 13.2 Å². The monoisotopic (exact) mass is 562 g/mol. The molecule has 1 aliphatic rings. The van der Waals surface area contributed by atoms with E-state index in [1.54, 1.807) is 6.07 Å². The number of alkyl halides is 4. The smallest absolute Gasteiger partial charge is 0.401 e. The number of benzene rings is 1. The Balaban J connectivity index is 1.22. The van der Waals surface area contributed by atoms with Gasteiger partial charge in [0.05, 0.1) is 13.5 Å². The van der Waals surface area contributed by atoms with Crippen molar-refractivity contribution in [3.05, 3.63) is 71.4 Å². The van der Waals surface area contributed by atoms with E-state index in [4.69, 9.17) is 9.26 Å². The van der Waals surface area contributed by atoms with Gasteiger partial charge in [-0.1, -0.05) is 17.3 Å². The van der Waals surface area contributed by atoms with Crippen LogP contribution in [0, 0.1) is 5.82 Å². The highest BCUT2D eigenvalue weighted by atomic mass is 19.4. The number of methoxy groups -OCH3 is 1. The highest BCUT2D eigenvalue weighted by molar-refractivity contribution is 5.91. The molecule has 0 bridgehead atoms. The highest BCUT2D eigenvalue weighted by Gasteiger charge is 2.66. The number of nitrogens with one attached hydrogen (secondary N) is 1. The minimum Gasteiger partial charge on any atom is -0.480 e. The van der Waals surface area contributed by atoms with E-state index in [1.807, 2.05) is 0 Å². The van der Waals surface area contributed by atoms with Crippen molar-refractivity contribution >= 4 is 11.7 Å². The number of hydrogen-bond acceptors (Lipinski definition) is 7. The highest BCUT2D eigenvalue weighted by Crippen LogP contribution is 2.59. The second-order valence-electron chi connectivity index (χ2n) is 9.47. The number of anilines is 1. The quantitative estimate of drug-likeness (QED) is 0.275. The Morgan fingerprint density at radius 3 is 2.50 bits per heavy atom. The van der Waals surface area contributed by atoms with Gasteiger partial charge in [-0.05, 0) is 37.0 Å². The maximum Gasteiger partial charge on any atom is 0.401 e. The molecule has 210 valence electrons. The number of nitrogens with zero attached hydrogens (tertiary/aromatic N) is 5. The van der Waals surface area contributed by atoms with Gasteiger partial charge < -0.3 is 14.6 Å². The van der Waals surface area contributed by atoms with Gasteiger partial charge in [-0.3, -0.25) is 4.79 Å². The lowest BCUT2D eigenvalue weighted by Gasteiger charge is -2.14. The zero-order valence-electron chi connectivity index (χ0n) is 21.3. The first-order chi connectivity index (χ1) is 19.0. The molecule has 9 nitrogen and oxygen atoms in total. The number of rotatable bonds is 9. The number of amides is 1. The molecule has 14 heteroatoms. The molecule has 3 aromatic heterocycles. The summed E-state index contributed by atoms with van der Waals surface area (Å²) in [6, 6.07) is 5.29. The van der Waals surface area contributed by atoms with Gasteiger partial charge in [-0.25, -0.2) is 23.4 Å². The third-order valence-electron chi connectivity index (χ3n) is 6.66. The lowest BCUT2D eigenvalue weighted by Crippen LogP contribution is -2.28. The molecule has 0 saturated heterocycles. The summed E-state index contributed by atoms with van der Waals surface area (Å²) in [4.78, 5) is 21.0. The van der Waals surface area contributed by atoms with E-state index in [1.165, 1.54) is 44.8 Å². The van der Waals surface area contributed by atoms with Crippen LogP contribution >= 0.6 is 0 Å². The summed E-state index contributed by atoms with van der Waals surface area (Å²) in [5.41, 5.74) is -0.400. The molecule has 1 amide bonds. The van der Waals surface area contributed by atoms with Crippen LogP contribution in [0.25, 0.3) is 11.1 Å². The zero-order chi connectivity index (χ0) is 28.7. The SMILES string of the molecule is COc1nn(C(C)F)cc1Cc1ncc(-c2ccc(CC(=O)Nc3cc(C4(C(F)(F)F)CC4)on3)c(F)c2)cn1. The van der Waals surface area contributed by atoms with Crippen molar-refractivity contribution in [2.75, 3.05) is 12.4 Å². The maximum absolute atomic E-state index is 14.8. The Bertz CT molecular complexity index is 1530. The molecular formula is C26H23F5N6O3. The molecule has 5 rings (SSSR count). The fourth-order valence-corrected chi connectivity index (χ4v) is 4.24. The first-order valence-corrected chi connectivity index (χ1v) is 12.2. The largest absolute Gasteiger partial charge is 0.480 e. The first kappa shape index (κ1) is 27.2. The summed E-state index contributed by atoms with van der Waals surface area (Å²) < 4.78 is 79.3. The van der Waals surface area contributed by atoms with Crippen LogP contribution in [0.15, 0.2) is 47.4 Å². The molecule has 3 heterocycles. The normalized spacial score (nSPS) is 15.1. The van der Waals surface area contributed by atoms with Crippen molar-refractivity contribution < 1.29 is 36.0 Å². The van der Waals surface area contributed by atoms with Gasteiger partial charge in [0.2, 0.25) is 11.8 Å². The topological polar surface area (TPSA) is 108 Å². The molecule has 1 unspecified atom stereocenters. The maximum atomic E-state index is 14.8. The number of hydrogen-bond donors (Lipinski definition) is 1. The Hall–Kier alpha value is -4.36. The van der Waals surface area contributed by atoms with Crippen LogP contribution in [0.1, 0.15) is 48.8 Å². The van der Waals surface area contributed by atoms with Crippen LogP contribution in [0.4, 0.5) is 27.8 Å². The molecule has 1 fully saturated rings. The third kappa shape index (κ3) is 5.38. The van der Waals surface area contributed by atoms with Crippen LogP contribution in [-0.4, -0.2) is 44.1 Å². The van der Waals surface area contributed by atoms with Gasteiger partial charge in [0.15, 0.2) is 17.9 Å². The number of aromatic nitrogens is 5. The molecule has 0 spiro atoms. The second kappa shape index (κ2) is 10.3. The predicted octanol–water partition coefficient (Wildman–Crippen LogP) is 5.33. The molecule has 1 atom stereocenters. The fourth-order valence-electron chi connectivity index (χ4n) is 4.24. The van der Waals surface area contributed by atoms with E-state index in [-0.39, 0.29) is 48.7 Å². The van der Waals surface area contributed by atoms with Gasteiger partial charge in [-0.15, -0.1) is 5.10 Å². The van der Waals surface area contributed by atoms with E-state index in [0.717, 1.165) is 10.7 Å². The molecule has 1 aliphatic carbocycles. The summed E-state index contributed by atoms with van der Waals surface area (Å²) in [6.45, 7) is 1.34. The van der Waals surface area contributed by atoms with E-state index in [2.05, 4.69) is 25.5 Å². The lowest BCUT2D eigenvalue weighted by atomic mass is 10.0. The Kier molecular flexibility index (Phi) is 7.02. The first-order valence-electron chi connectivity index (χ1n) is 12.2. The average Bonchev–Trinajstić information content (AvgIpc) is 3.44. The Morgan fingerprint density at radius 2 is 1.90 bits per heavy atom. The molecule has 1 aromatic carbocycles. The molecule has 40 heavy (non-hydrogen) atoms. The Morgan fingerprint density at radius 1 is 1.18 bits per heavy atom. The molecule has 1 N–H and O–H groups in total. The van der Waals surface area contributed by atoms with Crippen LogP contribution in [0.2, 0.25) is 0 Å². The van der Waals surface area contributed by atoms with Crippen LogP contribution in [0.3, 0.4) is 0 Å². The standard InChI is InChI=1S/C26H23F5N6O3/c1-14(27)37-13-17(24(35-37)39-2)8-21-32-11-18(12-33-21)15-3-4-16(19(28)7-15)9-23(38)34-22-10-20(40-36-22)25(5-6-25)26(29,30)31/h3-4,7,10-14H,5-6,8-9H2,1-2H3,(H,34,36,38). The van der Waals surface area contributed by atoms with Crippen LogP contribution < -0.4 is 10.1 Å². The Labute approximate surface area is 224 Å². The minimum atomic E-state index is -4.48. The van der Waals surface area contributed by atoms with Gasteiger partial charge in [0, 0.05) is 42.2 Å². The van der Waals surface area contributed by atoms with Gasteiger partial charge >= 0.3 is 6.18 Å². The van der Waals surface area contributed by atoms with Gasteiger partial charge in [0.1, 0.15) is 17.1 Å². The van der Waals surface area contributed by atoms with Crippen molar-refractivity contribution in [1.29, 1.82) is 0 Å². The number of carbonyl (C=O) groups is 1. The number of carbonyl (C=O) groups excluding carboxylic acids is 1. The molecule has 4 aromatic rings. The van der Waals surface area contributed by atoms with Crippen molar-refractivity contribution in [2.24, 2.45) is 0 Å². The second-order valence-corrected chi connectivity index (χ2v) is 9.47. The average molecular weight is 562 g/mol. The summed E-state index contributed by atoms with van der Waals surface area (Å²) in [5.74, 6) is -1.19. The van der Waals surface area contributed by atoms with E-state index in [9.17, 15) is 26.7 Å². The van der Waals surface area contributed by atoms with Crippen LogP contribution in [-0.2, 0) is 23.1 Å². The summed E-state index contributed by atoms with van der Waals surface area (Å²) in [6.07, 6.45) is -1.63. The predicted molar refractivity (Wildman–Crippen MR) is 131 cm³/mol. The fraction of sp³-hybridized carbons (Fsp3) is 0.346. The van der Waals surface area contributed by atoms with Crippen molar-refractivity contribution in [3.8, 4) is 17.0 Å². The van der Waals surface area contributed by atoms with Crippen molar-refractivity contribution in [2.45, 2.75) is 50.5 Å². The van der Waals surface area contributed by atoms with Crippen LogP contribution in [0.5, 0.6) is 5.88 Å². The zero-order valence-corrected chi connectivity index (χ0v) is 21.3. The third-order valence-corrected chi connectivity index (χ3v) is 6.66. The van der Waals surface area contributed by atoms with Gasteiger partial charge in [0.25, 0.3) is 0 Å². The number of ether oxygens (including phenoxy) is 1. The molecular weight excluding hydrogens is 539 g/mol. The summed E-state index contributed by atoms with van der Waals surface area (Å²) in [5, 5.41) is 9.86. The lowest BCUT2D eigenvalue weighted by molar-refractivity contribution is -0.165. The molecule has 0 radical (unpaired) electrons. The minimum absolute atomic E-state index is 0.0719. The molecule has 1 saturated carbocycles. The van der Waals surface area contributed by atoms with Crippen molar-refractivity contribution in [1.82, 2.24) is 24.9 Å². The van der Waals surface area contributed by atoms with Crippen molar-refractivity contribution in [3.63, 3.8) is 0 Å². The van der Waals surface area contributed by atoms with E-state index in [0.29, 0.717) is 22.5 Å². The van der Waals surface area contributed by atoms with E-state index >= 15 is 0 Å². The van der Waals surface area contributed by atoms with E-state index < -0.39 is 29.6 Å².